The van der Waals surface area contributed by atoms with Crippen LogP contribution in [0, 0.1) is 5.92 Å². The van der Waals surface area contributed by atoms with E-state index in [4.69, 9.17) is 0 Å². The minimum atomic E-state index is 0.935. The molecule has 0 atom stereocenters. The lowest BCUT2D eigenvalue weighted by atomic mass is 10.2. The Labute approximate surface area is 101 Å². The van der Waals surface area contributed by atoms with Crippen LogP contribution in [0.1, 0.15) is 18.4 Å². The predicted molar refractivity (Wildman–Crippen MR) is 68.0 cm³/mol. The monoisotopic (exact) mass is 227 g/mol. The van der Waals surface area contributed by atoms with Gasteiger partial charge in [-0.15, -0.1) is 0 Å². The molecule has 3 heteroatoms. The van der Waals surface area contributed by atoms with Crippen molar-refractivity contribution in [3.8, 4) is 5.69 Å². The molecule has 0 spiro atoms. The van der Waals surface area contributed by atoms with Gasteiger partial charge in [-0.3, -0.25) is 0 Å². The summed E-state index contributed by atoms with van der Waals surface area (Å²) in [5.41, 5.74) is 2.44. The molecule has 0 bridgehead atoms. The van der Waals surface area contributed by atoms with Gasteiger partial charge in [0.15, 0.2) is 0 Å². The molecule has 0 amide bonds. The van der Waals surface area contributed by atoms with Crippen LogP contribution in [-0.2, 0) is 6.54 Å². The Morgan fingerprint density at radius 3 is 3.00 bits per heavy atom. The van der Waals surface area contributed by atoms with E-state index in [2.05, 4.69) is 34.7 Å². The van der Waals surface area contributed by atoms with E-state index in [0.717, 1.165) is 24.7 Å². The molecular weight excluding hydrogens is 210 g/mol. The molecule has 1 aliphatic rings. The minimum Gasteiger partial charge on any atom is -0.312 e. The van der Waals surface area contributed by atoms with E-state index >= 15 is 0 Å². The number of benzene rings is 1. The van der Waals surface area contributed by atoms with E-state index in [1.54, 1.807) is 6.20 Å². The van der Waals surface area contributed by atoms with Crippen molar-refractivity contribution in [2.24, 2.45) is 5.92 Å². The van der Waals surface area contributed by atoms with Gasteiger partial charge in [0.25, 0.3) is 0 Å². The van der Waals surface area contributed by atoms with Crippen molar-refractivity contribution in [3.05, 3.63) is 48.3 Å². The molecule has 0 aliphatic heterocycles. The van der Waals surface area contributed by atoms with Crippen molar-refractivity contribution in [1.29, 1.82) is 0 Å². The standard InChI is InChI=1S/C14H17N3/c1-3-13(11-15-10-12-5-6-12)9-14(4-1)17-8-2-7-16-17/h1-4,7-9,12,15H,5-6,10-11H2. The van der Waals surface area contributed by atoms with Gasteiger partial charge in [-0.2, -0.15) is 5.10 Å². The van der Waals surface area contributed by atoms with Crippen LogP contribution >= 0.6 is 0 Å². The lowest BCUT2D eigenvalue weighted by molar-refractivity contribution is 0.638. The number of aromatic nitrogens is 2. The minimum absolute atomic E-state index is 0.935. The van der Waals surface area contributed by atoms with Gasteiger partial charge in [0.1, 0.15) is 0 Å². The third-order valence-corrected chi connectivity index (χ3v) is 3.14. The van der Waals surface area contributed by atoms with Crippen LogP contribution in [0.5, 0.6) is 0 Å². The molecule has 1 N–H and O–H groups in total. The number of nitrogens with one attached hydrogen (secondary N) is 1. The fourth-order valence-electron chi connectivity index (χ4n) is 1.97. The molecule has 1 aromatic carbocycles. The zero-order valence-corrected chi connectivity index (χ0v) is 9.84. The molecule has 1 aliphatic carbocycles. The first-order chi connectivity index (χ1) is 8.42. The molecule has 0 unspecified atom stereocenters. The van der Waals surface area contributed by atoms with Crippen molar-refractivity contribution in [3.63, 3.8) is 0 Å². The van der Waals surface area contributed by atoms with Gasteiger partial charge in [0, 0.05) is 18.9 Å². The second-order valence-corrected chi connectivity index (χ2v) is 4.69. The Balaban J connectivity index is 1.65. The Morgan fingerprint density at radius 1 is 1.29 bits per heavy atom. The van der Waals surface area contributed by atoms with Crippen LogP contribution in [0.2, 0.25) is 0 Å². The van der Waals surface area contributed by atoms with Crippen molar-refractivity contribution < 1.29 is 0 Å². The van der Waals surface area contributed by atoms with Crippen LogP contribution in [0.15, 0.2) is 42.7 Å². The Kier molecular flexibility index (Phi) is 2.92. The van der Waals surface area contributed by atoms with Gasteiger partial charge in [0.2, 0.25) is 0 Å². The Morgan fingerprint density at radius 2 is 2.24 bits per heavy atom. The molecule has 88 valence electrons. The second kappa shape index (κ2) is 4.72. The van der Waals surface area contributed by atoms with Crippen LogP contribution < -0.4 is 5.32 Å². The van der Waals surface area contributed by atoms with Crippen LogP contribution in [0.4, 0.5) is 0 Å². The summed E-state index contributed by atoms with van der Waals surface area (Å²) in [7, 11) is 0. The SMILES string of the molecule is c1cc(CNCC2CC2)cc(-n2cccn2)c1. The maximum atomic E-state index is 4.24. The molecule has 1 aromatic heterocycles. The first kappa shape index (κ1) is 10.5. The van der Waals surface area contributed by atoms with Crippen molar-refractivity contribution in [2.45, 2.75) is 19.4 Å². The number of hydrogen-bond acceptors (Lipinski definition) is 2. The lowest BCUT2D eigenvalue weighted by Gasteiger charge is -2.06. The van der Waals surface area contributed by atoms with Gasteiger partial charge >= 0.3 is 0 Å². The summed E-state index contributed by atoms with van der Waals surface area (Å²) in [6.45, 7) is 2.11. The third kappa shape index (κ3) is 2.74. The summed E-state index contributed by atoms with van der Waals surface area (Å²) in [6.07, 6.45) is 6.58. The van der Waals surface area contributed by atoms with Gasteiger partial charge in [-0.1, -0.05) is 12.1 Å². The van der Waals surface area contributed by atoms with Gasteiger partial charge < -0.3 is 5.32 Å². The molecule has 0 radical (unpaired) electrons. The first-order valence-electron chi connectivity index (χ1n) is 6.21. The zero-order chi connectivity index (χ0) is 11.5. The van der Waals surface area contributed by atoms with Crippen molar-refractivity contribution in [1.82, 2.24) is 15.1 Å². The topological polar surface area (TPSA) is 29.9 Å². The fraction of sp³-hybridized carbons (Fsp3) is 0.357. The molecular formula is C14H17N3. The number of nitrogens with zero attached hydrogens (tertiary/aromatic N) is 2. The molecule has 0 saturated heterocycles. The fourth-order valence-corrected chi connectivity index (χ4v) is 1.97. The highest BCUT2D eigenvalue weighted by molar-refractivity contribution is 5.34. The summed E-state index contributed by atoms with van der Waals surface area (Å²) in [5, 5.41) is 7.75. The first-order valence-corrected chi connectivity index (χ1v) is 6.21. The van der Waals surface area contributed by atoms with E-state index in [9.17, 15) is 0 Å². The van der Waals surface area contributed by atoms with Crippen LogP contribution in [0.25, 0.3) is 5.69 Å². The van der Waals surface area contributed by atoms with E-state index in [1.165, 1.54) is 18.4 Å². The lowest BCUT2D eigenvalue weighted by Crippen LogP contribution is -2.16. The summed E-state index contributed by atoms with van der Waals surface area (Å²) in [5.74, 6) is 0.935. The summed E-state index contributed by atoms with van der Waals surface area (Å²) in [6, 6.07) is 10.5. The smallest absolute Gasteiger partial charge is 0.0648 e. The highest BCUT2D eigenvalue weighted by atomic mass is 15.3. The quantitative estimate of drug-likeness (QED) is 0.850. The maximum absolute atomic E-state index is 4.24. The average Bonchev–Trinajstić information content (AvgIpc) is 3.02. The number of hydrogen-bond donors (Lipinski definition) is 1. The zero-order valence-electron chi connectivity index (χ0n) is 9.84. The highest BCUT2D eigenvalue weighted by Gasteiger charge is 2.19. The second-order valence-electron chi connectivity index (χ2n) is 4.69. The van der Waals surface area contributed by atoms with Crippen molar-refractivity contribution in [2.75, 3.05) is 6.54 Å². The van der Waals surface area contributed by atoms with Gasteiger partial charge in [0.05, 0.1) is 5.69 Å². The van der Waals surface area contributed by atoms with Crippen LogP contribution in [0.3, 0.4) is 0 Å². The molecule has 17 heavy (non-hydrogen) atoms. The molecule has 3 nitrogen and oxygen atoms in total. The van der Waals surface area contributed by atoms with E-state index in [0.29, 0.717) is 0 Å². The Bertz CT molecular complexity index is 472. The van der Waals surface area contributed by atoms with Crippen LogP contribution in [-0.4, -0.2) is 16.3 Å². The van der Waals surface area contributed by atoms with E-state index in [1.807, 2.05) is 16.9 Å². The largest absolute Gasteiger partial charge is 0.312 e. The average molecular weight is 227 g/mol. The van der Waals surface area contributed by atoms with E-state index in [-0.39, 0.29) is 0 Å². The van der Waals surface area contributed by atoms with Crippen molar-refractivity contribution >= 4 is 0 Å². The predicted octanol–water partition coefficient (Wildman–Crippen LogP) is 2.37. The summed E-state index contributed by atoms with van der Waals surface area (Å²) >= 11 is 0. The molecule has 2 aromatic rings. The number of rotatable bonds is 5. The molecule has 1 heterocycles. The maximum Gasteiger partial charge on any atom is 0.0648 e. The summed E-state index contributed by atoms with van der Waals surface area (Å²) < 4.78 is 1.89. The molecule has 1 saturated carbocycles. The third-order valence-electron chi connectivity index (χ3n) is 3.14. The normalized spacial score (nSPS) is 15.1. The molecule has 1 fully saturated rings. The summed E-state index contributed by atoms with van der Waals surface area (Å²) in [4.78, 5) is 0. The van der Waals surface area contributed by atoms with E-state index < -0.39 is 0 Å². The van der Waals surface area contributed by atoms with Gasteiger partial charge in [-0.25, -0.2) is 4.68 Å². The molecule has 3 rings (SSSR count). The van der Waals surface area contributed by atoms with Gasteiger partial charge in [-0.05, 0) is 49.1 Å². The highest BCUT2D eigenvalue weighted by Crippen LogP contribution is 2.27. The Hall–Kier alpha value is -1.61.